The Kier molecular flexibility index (Phi) is 4.10. The lowest BCUT2D eigenvalue weighted by Gasteiger charge is -2.08. The highest BCUT2D eigenvalue weighted by atomic mass is 32.2. The molecule has 0 aliphatic carbocycles. The normalized spacial score (nSPS) is 13.3. The number of aliphatic hydroxyl groups excluding tert-OH is 1. The lowest BCUT2D eigenvalue weighted by atomic mass is 10.4. The molecule has 0 aromatic carbocycles. The number of halogens is 1. The highest BCUT2D eigenvalue weighted by Gasteiger charge is 2.23. The molecule has 9 heteroatoms. The van der Waals surface area contributed by atoms with Crippen molar-refractivity contribution in [2.24, 2.45) is 0 Å². The molecule has 0 unspecified atom stereocenters. The minimum absolute atomic E-state index is 0.770. The lowest BCUT2D eigenvalue weighted by molar-refractivity contribution is -0.146. The van der Waals surface area contributed by atoms with Crippen LogP contribution in [0.15, 0.2) is 23.4 Å². The van der Waals surface area contributed by atoms with Gasteiger partial charge in [-0.05, 0) is 12.1 Å². The fourth-order valence-electron chi connectivity index (χ4n) is 0.913. The Morgan fingerprint density at radius 2 is 2.24 bits per heavy atom. The molecule has 0 saturated heterocycles. The van der Waals surface area contributed by atoms with Gasteiger partial charge in [0.1, 0.15) is 0 Å². The molecule has 94 valence electrons. The van der Waals surface area contributed by atoms with Gasteiger partial charge in [-0.15, -0.1) is 0 Å². The largest absolute Gasteiger partial charge is 0.479 e. The van der Waals surface area contributed by atoms with Crippen molar-refractivity contribution in [3.63, 3.8) is 0 Å². The number of rotatable bonds is 5. The van der Waals surface area contributed by atoms with Gasteiger partial charge in [-0.1, -0.05) is 0 Å². The third-order valence-electron chi connectivity index (χ3n) is 1.73. The van der Waals surface area contributed by atoms with E-state index in [1.54, 1.807) is 4.72 Å². The number of nitrogens with one attached hydrogen (secondary N) is 1. The van der Waals surface area contributed by atoms with Gasteiger partial charge in [0.05, 0.1) is 0 Å². The number of aliphatic hydroxyl groups is 1. The maximum atomic E-state index is 13.1. The van der Waals surface area contributed by atoms with Gasteiger partial charge in [0, 0.05) is 12.7 Å². The maximum absolute atomic E-state index is 13.1. The van der Waals surface area contributed by atoms with Crippen molar-refractivity contribution in [3.05, 3.63) is 24.1 Å². The minimum atomic E-state index is -4.28. The van der Waals surface area contributed by atoms with Crippen molar-refractivity contribution in [3.8, 4) is 0 Å². The number of aromatic nitrogens is 1. The summed E-state index contributed by atoms with van der Waals surface area (Å²) in [5.41, 5.74) is 0. The van der Waals surface area contributed by atoms with E-state index >= 15 is 0 Å². The van der Waals surface area contributed by atoms with Crippen molar-refractivity contribution < 1.29 is 27.8 Å². The fraction of sp³-hybridized carbons (Fsp3) is 0.250. The topological polar surface area (TPSA) is 117 Å². The first-order valence-corrected chi connectivity index (χ1v) is 5.84. The Bertz CT molecular complexity index is 518. The molecule has 17 heavy (non-hydrogen) atoms. The van der Waals surface area contributed by atoms with E-state index in [-0.39, 0.29) is 0 Å². The average Bonchev–Trinajstić information content (AvgIpc) is 2.26. The second kappa shape index (κ2) is 5.17. The molecule has 0 fully saturated rings. The second-order valence-electron chi connectivity index (χ2n) is 3.00. The third-order valence-corrected chi connectivity index (χ3v) is 3.09. The summed E-state index contributed by atoms with van der Waals surface area (Å²) < 4.78 is 37.8. The average molecular weight is 264 g/mol. The van der Waals surface area contributed by atoms with Crippen LogP contribution in [0.2, 0.25) is 0 Å². The number of sulfonamides is 1. The summed E-state index contributed by atoms with van der Waals surface area (Å²) in [7, 11) is -4.28. The summed E-state index contributed by atoms with van der Waals surface area (Å²) in [6.07, 6.45) is -0.831. The van der Waals surface area contributed by atoms with Crippen LogP contribution >= 0.6 is 0 Å². The van der Waals surface area contributed by atoms with Gasteiger partial charge in [-0.3, -0.25) is 0 Å². The molecule has 1 aromatic heterocycles. The first-order valence-electron chi connectivity index (χ1n) is 4.35. The molecular weight excluding hydrogens is 255 g/mol. The SMILES string of the molecule is O=C(O)[C@@H](O)CNS(=O)(=O)c1ncccc1F. The van der Waals surface area contributed by atoms with Crippen molar-refractivity contribution in [1.29, 1.82) is 0 Å². The fourth-order valence-corrected chi connectivity index (χ4v) is 1.95. The molecule has 0 amide bonds. The van der Waals surface area contributed by atoms with E-state index in [1.807, 2.05) is 0 Å². The predicted octanol–water partition coefficient (Wildman–Crippen LogP) is -1.06. The summed E-state index contributed by atoms with van der Waals surface area (Å²) in [4.78, 5) is 13.6. The molecule has 1 heterocycles. The van der Waals surface area contributed by atoms with E-state index in [0.717, 1.165) is 12.3 Å². The number of hydrogen-bond acceptors (Lipinski definition) is 5. The van der Waals surface area contributed by atoms with E-state index < -0.39 is 39.5 Å². The van der Waals surface area contributed by atoms with E-state index in [1.165, 1.54) is 6.07 Å². The molecule has 0 spiro atoms. The Morgan fingerprint density at radius 3 is 2.76 bits per heavy atom. The highest BCUT2D eigenvalue weighted by Crippen LogP contribution is 2.09. The number of carbonyl (C=O) groups is 1. The van der Waals surface area contributed by atoms with Crippen LogP contribution in [0.4, 0.5) is 4.39 Å². The molecule has 0 radical (unpaired) electrons. The molecule has 1 aromatic rings. The first kappa shape index (κ1) is 13.5. The molecule has 0 saturated carbocycles. The Morgan fingerprint density at radius 1 is 1.59 bits per heavy atom. The molecule has 0 aliphatic heterocycles. The van der Waals surface area contributed by atoms with Crippen LogP contribution in [-0.4, -0.2) is 42.2 Å². The highest BCUT2D eigenvalue weighted by molar-refractivity contribution is 7.89. The number of nitrogens with zero attached hydrogens (tertiary/aromatic N) is 1. The third kappa shape index (κ3) is 3.44. The predicted molar refractivity (Wildman–Crippen MR) is 53.0 cm³/mol. The zero-order chi connectivity index (χ0) is 13.1. The van der Waals surface area contributed by atoms with Gasteiger partial charge < -0.3 is 10.2 Å². The number of carboxylic acid groups (broad SMARTS) is 1. The number of aliphatic carboxylic acids is 1. The van der Waals surface area contributed by atoms with Crippen molar-refractivity contribution >= 4 is 16.0 Å². The molecule has 1 rings (SSSR count). The molecule has 1 atom stereocenters. The maximum Gasteiger partial charge on any atom is 0.333 e. The van der Waals surface area contributed by atoms with Crippen LogP contribution in [0.25, 0.3) is 0 Å². The van der Waals surface area contributed by atoms with Gasteiger partial charge >= 0.3 is 5.97 Å². The van der Waals surface area contributed by atoms with E-state index in [2.05, 4.69) is 4.98 Å². The van der Waals surface area contributed by atoms with Crippen LogP contribution in [0.1, 0.15) is 0 Å². The summed E-state index contributed by atoms with van der Waals surface area (Å²) in [6.45, 7) is -0.770. The molecule has 0 aliphatic rings. The van der Waals surface area contributed by atoms with E-state index in [0.29, 0.717) is 0 Å². The van der Waals surface area contributed by atoms with Crippen LogP contribution in [0.3, 0.4) is 0 Å². The minimum Gasteiger partial charge on any atom is -0.479 e. The van der Waals surface area contributed by atoms with Gasteiger partial charge in [0.2, 0.25) is 5.03 Å². The molecule has 0 bridgehead atoms. The van der Waals surface area contributed by atoms with E-state index in [9.17, 15) is 17.6 Å². The van der Waals surface area contributed by atoms with E-state index in [4.69, 9.17) is 10.2 Å². The Labute approximate surface area is 96.0 Å². The van der Waals surface area contributed by atoms with Gasteiger partial charge in [-0.2, -0.15) is 0 Å². The number of hydrogen-bond donors (Lipinski definition) is 3. The smallest absolute Gasteiger partial charge is 0.333 e. The monoisotopic (exact) mass is 264 g/mol. The molecule has 7 nitrogen and oxygen atoms in total. The summed E-state index contributed by atoms with van der Waals surface area (Å²) >= 11 is 0. The first-order chi connectivity index (χ1) is 7.84. The lowest BCUT2D eigenvalue weighted by Crippen LogP contribution is -2.37. The van der Waals surface area contributed by atoms with Gasteiger partial charge in [0.25, 0.3) is 10.0 Å². The summed E-state index contributed by atoms with van der Waals surface area (Å²) in [5.74, 6) is -2.65. The van der Waals surface area contributed by atoms with Crippen molar-refractivity contribution in [1.82, 2.24) is 9.71 Å². The molecular formula is C8H9FN2O5S. The standard InChI is InChI=1S/C8H9FN2O5S/c9-5-2-1-3-10-7(5)17(15,16)11-4-6(12)8(13)14/h1-3,6,11-12H,4H2,(H,13,14)/t6-/m0/s1. The van der Waals surface area contributed by atoms with Crippen molar-refractivity contribution in [2.75, 3.05) is 6.54 Å². The van der Waals surface area contributed by atoms with Crippen LogP contribution in [0, 0.1) is 5.82 Å². The zero-order valence-corrected chi connectivity index (χ0v) is 9.19. The Balaban J connectivity index is 2.84. The van der Waals surface area contributed by atoms with Crippen LogP contribution in [-0.2, 0) is 14.8 Å². The summed E-state index contributed by atoms with van der Waals surface area (Å²) in [5, 5.41) is 16.3. The Hall–Kier alpha value is -1.58. The van der Waals surface area contributed by atoms with Gasteiger partial charge in [0.15, 0.2) is 11.9 Å². The van der Waals surface area contributed by atoms with Gasteiger partial charge in [-0.25, -0.2) is 27.3 Å². The van der Waals surface area contributed by atoms with Crippen LogP contribution in [0.5, 0.6) is 0 Å². The molecule has 3 N–H and O–H groups in total. The number of pyridine rings is 1. The van der Waals surface area contributed by atoms with Crippen LogP contribution < -0.4 is 4.72 Å². The van der Waals surface area contributed by atoms with Crippen molar-refractivity contribution in [2.45, 2.75) is 11.1 Å². The quantitative estimate of drug-likeness (QED) is 0.624. The summed E-state index contributed by atoms with van der Waals surface area (Å²) in [6, 6.07) is 2.11. The second-order valence-corrected chi connectivity index (χ2v) is 4.68. The number of carboxylic acids is 1. The zero-order valence-electron chi connectivity index (χ0n) is 8.37.